The highest BCUT2D eigenvalue weighted by Gasteiger charge is 2.42. The average Bonchev–Trinajstić information content (AvgIpc) is 3.32. The van der Waals surface area contributed by atoms with E-state index in [4.69, 9.17) is 4.74 Å². The first-order valence-corrected chi connectivity index (χ1v) is 11.9. The molecule has 1 aliphatic heterocycles. The number of hydrogen-bond donors (Lipinski definition) is 1. The van der Waals surface area contributed by atoms with Crippen molar-refractivity contribution in [2.45, 2.75) is 50.9 Å². The lowest BCUT2D eigenvalue weighted by Crippen LogP contribution is -2.48. The third kappa shape index (κ3) is 4.62. The molecule has 3 heterocycles. The van der Waals surface area contributed by atoms with Gasteiger partial charge >= 0.3 is 0 Å². The number of rotatable bonds is 6. The van der Waals surface area contributed by atoms with Crippen LogP contribution in [0, 0.1) is 0 Å². The van der Waals surface area contributed by atoms with E-state index in [1.54, 1.807) is 6.33 Å². The van der Waals surface area contributed by atoms with Gasteiger partial charge in [-0.25, -0.2) is 0 Å². The summed E-state index contributed by atoms with van der Waals surface area (Å²) in [5, 5.41) is 18.7. The Morgan fingerprint density at radius 3 is 2.50 bits per heavy atom. The summed E-state index contributed by atoms with van der Waals surface area (Å²) in [6.07, 6.45) is 5.09. The first-order valence-electron chi connectivity index (χ1n) is 11.9. The SMILES string of the molecule is CC(c1ccc(-c2ccn3cnnc3c2)cc1)N1CCC(CC(C)(C)O)(c2ccccc2)OC1. The second-order valence-electron chi connectivity index (χ2n) is 10.00. The molecule has 0 amide bonds. The van der Waals surface area contributed by atoms with Crippen LogP contribution in [-0.4, -0.2) is 43.5 Å². The van der Waals surface area contributed by atoms with Crippen molar-refractivity contribution in [1.82, 2.24) is 19.5 Å². The third-order valence-electron chi connectivity index (χ3n) is 6.90. The monoisotopic (exact) mass is 456 g/mol. The van der Waals surface area contributed by atoms with Gasteiger partial charge in [0.05, 0.1) is 11.2 Å². The summed E-state index contributed by atoms with van der Waals surface area (Å²) in [5.41, 5.74) is 4.23. The molecule has 2 aromatic carbocycles. The molecule has 1 N–H and O–H groups in total. The topological polar surface area (TPSA) is 62.9 Å². The maximum Gasteiger partial charge on any atom is 0.161 e. The van der Waals surface area contributed by atoms with Gasteiger partial charge in [-0.15, -0.1) is 10.2 Å². The molecule has 6 heteroatoms. The fourth-order valence-corrected chi connectivity index (χ4v) is 5.04. The van der Waals surface area contributed by atoms with Crippen LogP contribution in [0.1, 0.15) is 50.8 Å². The Balaban J connectivity index is 1.30. The molecule has 176 valence electrons. The van der Waals surface area contributed by atoms with Crippen molar-refractivity contribution in [3.63, 3.8) is 0 Å². The Morgan fingerprint density at radius 2 is 1.82 bits per heavy atom. The summed E-state index contributed by atoms with van der Waals surface area (Å²) in [7, 11) is 0. The van der Waals surface area contributed by atoms with Gasteiger partial charge in [-0.05, 0) is 61.6 Å². The summed E-state index contributed by atoms with van der Waals surface area (Å²) >= 11 is 0. The Bertz CT molecular complexity index is 1240. The van der Waals surface area contributed by atoms with E-state index < -0.39 is 11.2 Å². The van der Waals surface area contributed by atoms with Crippen LogP contribution >= 0.6 is 0 Å². The molecule has 0 spiro atoms. The van der Waals surface area contributed by atoms with Crippen LogP contribution in [0.5, 0.6) is 0 Å². The number of fused-ring (bicyclic) bond motifs is 1. The molecule has 1 fully saturated rings. The number of pyridine rings is 1. The van der Waals surface area contributed by atoms with E-state index in [0.29, 0.717) is 13.2 Å². The fourth-order valence-electron chi connectivity index (χ4n) is 5.04. The van der Waals surface area contributed by atoms with E-state index >= 15 is 0 Å². The van der Waals surface area contributed by atoms with Crippen LogP contribution in [-0.2, 0) is 10.3 Å². The largest absolute Gasteiger partial charge is 0.390 e. The number of aromatic nitrogens is 3. The lowest BCUT2D eigenvalue weighted by Gasteiger charge is -2.46. The summed E-state index contributed by atoms with van der Waals surface area (Å²) < 4.78 is 8.47. The van der Waals surface area contributed by atoms with E-state index in [9.17, 15) is 5.11 Å². The zero-order valence-corrected chi connectivity index (χ0v) is 20.1. The Morgan fingerprint density at radius 1 is 1.06 bits per heavy atom. The minimum absolute atomic E-state index is 0.226. The van der Waals surface area contributed by atoms with Crippen molar-refractivity contribution < 1.29 is 9.84 Å². The van der Waals surface area contributed by atoms with Crippen molar-refractivity contribution in [3.05, 3.63) is 90.4 Å². The van der Waals surface area contributed by atoms with E-state index in [1.165, 1.54) is 5.56 Å². The predicted molar refractivity (Wildman–Crippen MR) is 133 cm³/mol. The fraction of sp³-hybridized carbons (Fsp3) is 0.357. The number of aliphatic hydroxyl groups is 1. The molecule has 0 aliphatic carbocycles. The van der Waals surface area contributed by atoms with Gasteiger partial charge in [0.1, 0.15) is 13.1 Å². The van der Waals surface area contributed by atoms with Crippen LogP contribution in [0.4, 0.5) is 0 Å². The van der Waals surface area contributed by atoms with E-state index in [-0.39, 0.29) is 6.04 Å². The van der Waals surface area contributed by atoms with Gasteiger partial charge < -0.3 is 9.84 Å². The molecule has 6 nitrogen and oxygen atoms in total. The van der Waals surface area contributed by atoms with E-state index in [0.717, 1.165) is 35.3 Å². The normalized spacial score (nSPS) is 20.5. The van der Waals surface area contributed by atoms with Gasteiger partial charge in [-0.3, -0.25) is 9.30 Å². The molecule has 2 aromatic heterocycles. The number of ether oxygens (including phenoxy) is 1. The van der Waals surface area contributed by atoms with Gasteiger partial charge in [0.2, 0.25) is 0 Å². The summed E-state index contributed by atoms with van der Waals surface area (Å²) in [6, 6.07) is 23.4. The summed E-state index contributed by atoms with van der Waals surface area (Å²) in [5.74, 6) is 0. The van der Waals surface area contributed by atoms with Gasteiger partial charge in [0.25, 0.3) is 0 Å². The minimum Gasteiger partial charge on any atom is -0.390 e. The number of hydrogen-bond acceptors (Lipinski definition) is 5. The highest BCUT2D eigenvalue weighted by Crippen LogP contribution is 2.41. The molecule has 34 heavy (non-hydrogen) atoms. The quantitative estimate of drug-likeness (QED) is 0.432. The van der Waals surface area contributed by atoms with Crippen LogP contribution in [0.25, 0.3) is 16.8 Å². The smallest absolute Gasteiger partial charge is 0.161 e. The highest BCUT2D eigenvalue weighted by atomic mass is 16.5. The number of benzene rings is 2. The van der Waals surface area contributed by atoms with E-state index in [1.807, 2.05) is 42.6 Å². The predicted octanol–water partition coefficient (Wildman–Crippen LogP) is 5.19. The molecular formula is C28H32N4O2. The standard InChI is InChI=1S/C28H32N4O2/c1-21(22-9-11-23(12-10-22)24-13-15-31-19-29-30-26(31)17-24)32-16-14-28(34-20-32,18-27(2,3)33)25-7-5-4-6-8-25/h4-13,15,17,19,21,33H,14,16,18,20H2,1-3H3. The zero-order chi connectivity index (χ0) is 23.8. The molecule has 0 saturated carbocycles. The van der Waals surface area contributed by atoms with Gasteiger partial charge in [-0.2, -0.15) is 0 Å². The Kier molecular flexibility index (Phi) is 5.98. The lowest BCUT2D eigenvalue weighted by atomic mass is 9.80. The van der Waals surface area contributed by atoms with Crippen molar-refractivity contribution in [3.8, 4) is 11.1 Å². The molecule has 1 saturated heterocycles. The van der Waals surface area contributed by atoms with Crippen molar-refractivity contribution in [1.29, 1.82) is 0 Å². The maximum absolute atomic E-state index is 10.6. The van der Waals surface area contributed by atoms with Crippen LogP contribution < -0.4 is 0 Å². The highest BCUT2D eigenvalue weighted by molar-refractivity contribution is 5.67. The molecule has 0 radical (unpaired) electrons. The zero-order valence-electron chi connectivity index (χ0n) is 20.1. The van der Waals surface area contributed by atoms with Crippen LogP contribution in [0.2, 0.25) is 0 Å². The van der Waals surface area contributed by atoms with Crippen molar-refractivity contribution in [2.75, 3.05) is 13.3 Å². The second-order valence-corrected chi connectivity index (χ2v) is 10.00. The Labute approximate surface area is 200 Å². The van der Waals surface area contributed by atoms with Gasteiger partial charge in [0, 0.05) is 25.2 Å². The Hall–Kier alpha value is -3.06. The average molecular weight is 457 g/mol. The van der Waals surface area contributed by atoms with Gasteiger partial charge in [0.15, 0.2) is 5.65 Å². The minimum atomic E-state index is -0.811. The number of nitrogens with zero attached hydrogens (tertiary/aromatic N) is 4. The molecular weight excluding hydrogens is 424 g/mol. The third-order valence-corrected chi connectivity index (χ3v) is 6.90. The molecule has 2 atom stereocenters. The van der Waals surface area contributed by atoms with Crippen molar-refractivity contribution in [2.24, 2.45) is 0 Å². The molecule has 1 aliphatic rings. The molecule has 4 aromatic rings. The summed E-state index contributed by atoms with van der Waals surface area (Å²) in [6.45, 7) is 7.37. The molecule has 2 unspecified atom stereocenters. The second kappa shape index (κ2) is 8.95. The molecule has 0 bridgehead atoms. The van der Waals surface area contributed by atoms with E-state index in [2.05, 4.69) is 70.6 Å². The first kappa shape index (κ1) is 22.7. The molecule has 5 rings (SSSR count). The van der Waals surface area contributed by atoms with Gasteiger partial charge in [-0.1, -0.05) is 54.6 Å². The van der Waals surface area contributed by atoms with Crippen LogP contribution in [0.15, 0.2) is 79.3 Å². The first-order chi connectivity index (χ1) is 16.3. The summed E-state index contributed by atoms with van der Waals surface area (Å²) in [4.78, 5) is 2.36. The lowest BCUT2D eigenvalue weighted by molar-refractivity contribution is -0.177. The van der Waals surface area contributed by atoms with Crippen LogP contribution in [0.3, 0.4) is 0 Å². The van der Waals surface area contributed by atoms with Crippen molar-refractivity contribution >= 4 is 5.65 Å². The maximum atomic E-state index is 10.6.